The second kappa shape index (κ2) is 13.8. The minimum atomic E-state index is 0.550. The van der Waals surface area contributed by atoms with Gasteiger partial charge in [-0.1, -0.05) is 176 Å². The Morgan fingerprint density at radius 3 is 1.75 bits per heavy atom. The Kier molecular flexibility index (Phi) is 7.78. The maximum atomic E-state index is 6.68. The van der Waals surface area contributed by atoms with Gasteiger partial charge < -0.3 is 4.42 Å². The highest BCUT2D eigenvalue weighted by atomic mass is 16.3. The first kappa shape index (κ1) is 33.9. The molecule has 280 valence electrons. The molecule has 0 aliphatic carbocycles. The molecule has 3 aromatic heterocycles. The van der Waals surface area contributed by atoms with E-state index >= 15 is 0 Å². The van der Waals surface area contributed by atoms with Crippen LogP contribution in [-0.2, 0) is 0 Å². The first-order valence-electron chi connectivity index (χ1n) is 20.2. The maximum absolute atomic E-state index is 6.68. The number of aromatic nitrogens is 4. The molecule has 0 bridgehead atoms. The number of nitrogens with zero attached hydrogens (tertiary/aromatic N) is 4. The number of para-hydroxylation sites is 2. The third-order valence-corrected chi connectivity index (χ3v) is 11.7. The monoisotopic (exact) mass is 766 g/mol. The van der Waals surface area contributed by atoms with Crippen molar-refractivity contribution in [2.24, 2.45) is 0 Å². The van der Waals surface area contributed by atoms with Gasteiger partial charge in [0.15, 0.2) is 11.6 Å². The minimum Gasteiger partial charge on any atom is -0.456 e. The molecule has 0 radical (unpaired) electrons. The highest BCUT2D eigenvalue weighted by Gasteiger charge is 2.22. The number of benzene rings is 9. The summed E-state index contributed by atoms with van der Waals surface area (Å²) in [6.07, 6.45) is 0. The molecule has 12 rings (SSSR count). The van der Waals surface area contributed by atoms with Crippen LogP contribution in [0.3, 0.4) is 0 Å². The number of hydrogen-bond donors (Lipinski definition) is 0. The van der Waals surface area contributed by atoms with E-state index in [1.54, 1.807) is 0 Å². The first-order valence-corrected chi connectivity index (χ1v) is 20.2. The predicted molar refractivity (Wildman–Crippen MR) is 246 cm³/mol. The van der Waals surface area contributed by atoms with Crippen LogP contribution in [0.15, 0.2) is 211 Å². The molecule has 12 aromatic rings. The van der Waals surface area contributed by atoms with E-state index in [1.165, 1.54) is 10.8 Å². The van der Waals surface area contributed by atoms with Crippen LogP contribution in [0.2, 0.25) is 0 Å². The third kappa shape index (κ3) is 5.59. The van der Waals surface area contributed by atoms with E-state index in [0.717, 1.165) is 88.3 Å². The van der Waals surface area contributed by atoms with Crippen molar-refractivity contribution < 1.29 is 4.42 Å². The lowest BCUT2D eigenvalue weighted by molar-refractivity contribution is 0.669. The van der Waals surface area contributed by atoms with Crippen LogP contribution in [0.5, 0.6) is 0 Å². The van der Waals surface area contributed by atoms with E-state index in [-0.39, 0.29) is 0 Å². The Bertz CT molecular complexity index is 3590. The van der Waals surface area contributed by atoms with Crippen LogP contribution in [0.4, 0.5) is 0 Å². The SMILES string of the molecule is c1ccc(-c2ccc(-c3nc(-c4ccccc4)nc(-n4c5ccccc5c5cccc(-c6cccc7oc8cc(-c9ccc%10ccccc%10c9)ccc8c67)c54)n3)cc2)cc1. The highest BCUT2D eigenvalue weighted by molar-refractivity contribution is 6.19. The van der Waals surface area contributed by atoms with Gasteiger partial charge in [-0.25, -0.2) is 4.98 Å². The second-order valence-corrected chi connectivity index (χ2v) is 15.2. The van der Waals surface area contributed by atoms with Gasteiger partial charge in [0.2, 0.25) is 5.95 Å². The molecule has 5 nitrogen and oxygen atoms in total. The normalized spacial score (nSPS) is 11.7. The van der Waals surface area contributed by atoms with Crippen LogP contribution in [0.1, 0.15) is 0 Å². The van der Waals surface area contributed by atoms with Gasteiger partial charge in [-0.2, -0.15) is 9.97 Å². The Balaban J connectivity index is 1.07. The topological polar surface area (TPSA) is 56.7 Å². The number of furan rings is 1. The number of rotatable bonds is 6. The largest absolute Gasteiger partial charge is 0.456 e. The molecule has 60 heavy (non-hydrogen) atoms. The van der Waals surface area contributed by atoms with Crippen LogP contribution < -0.4 is 0 Å². The highest BCUT2D eigenvalue weighted by Crippen LogP contribution is 2.43. The molecule has 5 heteroatoms. The van der Waals surface area contributed by atoms with E-state index in [4.69, 9.17) is 19.4 Å². The summed E-state index contributed by atoms with van der Waals surface area (Å²) >= 11 is 0. The third-order valence-electron chi connectivity index (χ3n) is 11.7. The van der Waals surface area contributed by atoms with Crippen molar-refractivity contribution in [1.82, 2.24) is 19.5 Å². The molecule has 0 N–H and O–H groups in total. The summed E-state index contributed by atoms with van der Waals surface area (Å²) in [7, 11) is 0. The second-order valence-electron chi connectivity index (χ2n) is 15.2. The summed E-state index contributed by atoms with van der Waals surface area (Å²) < 4.78 is 8.89. The lowest BCUT2D eigenvalue weighted by atomic mass is 9.96. The van der Waals surface area contributed by atoms with Gasteiger partial charge in [0.05, 0.1) is 11.0 Å². The fourth-order valence-electron chi connectivity index (χ4n) is 8.79. The van der Waals surface area contributed by atoms with Crippen LogP contribution in [0.25, 0.3) is 117 Å². The molecule has 0 fully saturated rings. The van der Waals surface area contributed by atoms with E-state index < -0.39 is 0 Å². The van der Waals surface area contributed by atoms with Gasteiger partial charge >= 0.3 is 0 Å². The van der Waals surface area contributed by atoms with Crippen molar-refractivity contribution in [3.05, 3.63) is 206 Å². The Morgan fingerprint density at radius 1 is 0.350 bits per heavy atom. The Morgan fingerprint density at radius 2 is 0.933 bits per heavy atom. The van der Waals surface area contributed by atoms with Gasteiger partial charge in [-0.3, -0.25) is 4.57 Å². The summed E-state index contributed by atoms with van der Waals surface area (Å²) in [5.41, 5.74) is 12.3. The van der Waals surface area contributed by atoms with Gasteiger partial charge in [-0.15, -0.1) is 0 Å². The van der Waals surface area contributed by atoms with E-state index in [9.17, 15) is 0 Å². The molecule has 0 spiro atoms. The summed E-state index contributed by atoms with van der Waals surface area (Å²) in [5, 5.41) is 6.81. The number of fused-ring (bicyclic) bond motifs is 7. The van der Waals surface area contributed by atoms with Gasteiger partial charge in [0.1, 0.15) is 11.2 Å². The van der Waals surface area contributed by atoms with Gasteiger partial charge in [-0.05, 0) is 68.9 Å². The summed E-state index contributed by atoms with van der Waals surface area (Å²) in [4.78, 5) is 15.6. The molecule has 0 atom stereocenters. The van der Waals surface area contributed by atoms with Crippen molar-refractivity contribution in [1.29, 1.82) is 0 Å². The standard InChI is InChI=1S/C55H34N4O/c1-3-13-35(14-4-1)37-25-28-39(29-26-37)54-56-53(38-16-5-2-6-17-38)57-55(58-54)59-48-23-10-9-19-43(48)45-21-11-22-46(52(45)59)44-20-12-24-49-51(44)47-32-31-42(34-50(47)60-49)41-30-27-36-15-7-8-18-40(36)33-41/h1-34H. The van der Waals surface area contributed by atoms with Crippen molar-refractivity contribution in [2.75, 3.05) is 0 Å². The smallest absolute Gasteiger partial charge is 0.238 e. The zero-order chi connectivity index (χ0) is 39.6. The minimum absolute atomic E-state index is 0.550. The summed E-state index contributed by atoms with van der Waals surface area (Å²) in [5.74, 6) is 1.76. The molecule has 0 aliphatic heterocycles. The van der Waals surface area contributed by atoms with Crippen molar-refractivity contribution in [3.8, 4) is 62.1 Å². The van der Waals surface area contributed by atoms with Crippen molar-refractivity contribution in [2.45, 2.75) is 0 Å². The van der Waals surface area contributed by atoms with Crippen LogP contribution in [0, 0.1) is 0 Å². The average Bonchev–Trinajstić information content (AvgIpc) is 3.88. The molecule has 9 aromatic carbocycles. The van der Waals surface area contributed by atoms with Crippen LogP contribution in [-0.4, -0.2) is 19.5 Å². The van der Waals surface area contributed by atoms with E-state index in [1.807, 2.05) is 24.3 Å². The van der Waals surface area contributed by atoms with Crippen LogP contribution >= 0.6 is 0 Å². The molecule has 3 heterocycles. The average molecular weight is 767 g/mol. The van der Waals surface area contributed by atoms with Gasteiger partial charge in [0, 0.05) is 38.2 Å². The molecule has 0 amide bonds. The fraction of sp³-hybridized carbons (Fsp3) is 0. The first-order chi connectivity index (χ1) is 29.7. The zero-order valence-corrected chi connectivity index (χ0v) is 32.3. The molecule has 0 saturated carbocycles. The molecule has 0 saturated heterocycles. The maximum Gasteiger partial charge on any atom is 0.238 e. The molecular weight excluding hydrogens is 733 g/mol. The van der Waals surface area contributed by atoms with E-state index in [2.05, 4.69) is 187 Å². The number of hydrogen-bond acceptors (Lipinski definition) is 4. The molecule has 0 aliphatic rings. The van der Waals surface area contributed by atoms with E-state index in [0.29, 0.717) is 17.6 Å². The Hall–Kier alpha value is -8.15. The Labute approximate surface area is 345 Å². The quantitative estimate of drug-likeness (QED) is 0.169. The zero-order valence-electron chi connectivity index (χ0n) is 32.3. The lowest BCUT2D eigenvalue weighted by Crippen LogP contribution is -2.07. The molecule has 0 unspecified atom stereocenters. The van der Waals surface area contributed by atoms with Crippen molar-refractivity contribution in [3.63, 3.8) is 0 Å². The molecular formula is C55H34N4O. The summed E-state index contributed by atoms with van der Waals surface area (Å²) in [6, 6.07) is 72.1. The van der Waals surface area contributed by atoms with Gasteiger partial charge in [0.25, 0.3) is 0 Å². The predicted octanol–water partition coefficient (Wildman–Crippen LogP) is 14.4. The fourth-order valence-corrected chi connectivity index (χ4v) is 8.79. The lowest BCUT2D eigenvalue weighted by Gasteiger charge is -2.13. The van der Waals surface area contributed by atoms with Crippen molar-refractivity contribution >= 4 is 54.5 Å². The summed E-state index contributed by atoms with van der Waals surface area (Å²) in [6.45, 7) is 0.